The largest absolute Gasteiger partial charge is 0.341 e. The predicted octanol–water partition coefficient (Wildman–Crippen LogP) is 1.06. The number of likely N-dealkylation sites (N-methyl/N-ethyl adjacent to an activating group) is 1. The quantitative estimate of drug-likeness (QED) is 0.800. The molecular weight excluding hydrogens is 214 g/mol. The molecule has 0 aromatic heterocycles. The number of carbonyl (C=O) groups is 1. The second-order valence-electron chi connectivity index (χ2n) is 5.31. The molecule has 17 heavy (non-hydrogen) atoms. The smallest absolute Gasteiger partial charge is 0.242 e. The molecule has 0 aromatic carbocycles. The average molecular weight is 241 g/mol. The molecule has 0 atom stereocenters. The monoisotopic (exact) mass is 241 g/mol. The molecule has 1 heterocycles. The molecule has 1 amide bonds. The van der Waals surface area contributed by atoms with Gasteiger partial charge >= 0.3 is 0 Å². The van der Waals surface area contributed by atoms with Gasteiger partial charge in [0.1, 0.15) is 0 Å². The van der Waals surface area contributed by atoms with Crippen LogP contribution in [0.1, 0.15) is 39.5 Å². The predicted molar refractivity (Wildman–Crippen MR) is 70.8 cm³/mol. The second-order valence-corrected chi connectivity index (χ2v) is 5.31. The molecule has 0 unspecified atom stereocenters. The summed E-state index contributed by atoms with van der Waals surface area (Å²) in [7, 11) is 4.04. The number of rotatable bonds is 4. The van der Waals surface area contributed by atoms with Crippen molar-refractivity contribution in [3.05, 3.63) is 0 Å². The summed E-state index contributed by atoms with van der Waals surface area (Å²) < 4.78 is 0. The Kier molecular flexibility index (Phi) is 4.95. The van der Waals surface area contributed by atoms with Crippen LogP contribution in [0.25, 0.3) is 0 Å². The van der Waals surface area contributed by atoms with E-state index in [1.54, 1.807) is 0 Å². The molecule has 2 N–H and O–H groups in total. The third-order valence-corrected chi connectivity index (χ3v) is 4.24. The zero-order valence-corrected chi connectivity index (χ0v) is 11.7. The van der Waals surface area contributed by atoms with Gasteiger partial charge in [0.05, 0.1) is 5.54 Å². The Morgan fingerprint density at radius 2 is 1.82 bits per heavy atom. The van der Waals surface area contributed by atoms with Crippen molar-refractivity contribution in [2.24, 2.45) is 5.73 Å². The lowest BCUT2D eigenvalue weighted by molar-refractivity contribution is -0.139. The Morgan fingerprint density at radius 1 is 1.35 bits per heavy atom. The van der Waals surface area contributed by atoms with Crippen molar-refractivity contribution in [1.82, 2.24) is 9.80 Å². The fourth-order valence-electron chi connectivity index (χ4n) is 2.45. The lowest BCUT2D eigenvalue weighted by Crippen LogP contribution is -2.57. The van der Waals surface area contributed by atoms with Crippen LogP contribution in [-0.4, -0.2) is 54.5 Å². The van der Waals surface area contributed by atoms with E-state index in [-0.39, 0.29) is 5.91 Å². The first-order valence-corrected chi connectivity index (χ1v) is 6.69. The number of nitrogens with two attached hydrogens (primary N) is 1. The van der Waals surface area contributed by atoms with E-state index in [1.807, 2.05) is 25.8 Å². The van der Waals surface area contributed by atoms with Crippen LogP contribution >= 0.6 is 0 Å². The molecule has 0 saturated carbocycles. The maximum atomic E-state index is 12.4. The minimum absolute atomic E-state index is 0.108. The molecule has 0 aliphatic carbocycles. The second kappa shape index (κ2) is 5.83. The first kappa shape index (κ1) is 14.5. The summed E-state index contributed by atoms with van der Waals surface area (Å²) in [5, 5.41) is 0. The van der Waals surface area contributed by atoms with Gasteiger partial charge in [-0.05, 0) is 45.8 Å². The Morgan fingerprint density at radius 3 is 2.24 bits per heavy atom. The molecule has 0 bridgehead atoms. The fourth-order valence-corrected chi connectivity index (χ4v) is 2.45. The van der Waals surface area contributed by atoms with E-state index < -0.39 is 5.54 Å². The van der Waals surface area contributed by atoms with E-state index in [9.17, 15) is 4.79 Å². The van der Waals surface area contributed by atoms with Crippen LogP contribution in [-0.2, 0) is 4.79 Å². The highest BCUT2D eigenvalue weighted by atomic mass is 16.2. The Balaban J connectivity index is 2.63. The highest BCUT2D eigenvalue weighted by molar-refractivity contribution is 5.86. The fraction of sp³-hybridized carbons (Fsp3) is 0.923. The van der Waals surface area contributed by atoms with Crippen molar-refractivity contribution >= 4 is 5.91 Å². The molecule has 1 aliphatic rings. The van der Waals surface area contributed by atoms with E-state index in [2.05, 4.69) is 11.9 Å². The van der Waals surface area contributed by atoms with Gasteiger partial charge in [-0.1, -0.05) is 13.8 Å². The molecule has 0 spiro atoms. The number of carbonyl (C=O) groups excluding carboxylic acids is 1. The molecule has 4 nitrogen and oxygen atoms in total. The van der Waals surface area contributed by atoms with Crippen LogP contribution in [0, 0.1) is 0 Å². The van der Waals surface area contributed by atoms with Crippen LogP contribution in [0.3, 0.4) is 0 Å². The van der Waals surface area contributed by atoms with Gasteiger partial charge in [0.2, 0.25) is 5.91 Å². The number of hydrogen-bond donors (Lipinski definition) is 1. The minimum Gasteiger partial charge on any atom is -0.341 e. The standard InChI is InChI=1S/C13H27N3O/c1-5-13(14,6-2)12(17)16(4)11-7-9-15(3)10-8-11/h11H,5-10,14H2,1-4H3. The van der Waals surface area contributed by atoms with Crippen molar-refractivity contribution in [2.45, 2.75) is 51.1 Å². The number of likely N-dealkylation sites (tertiary alicyclic amines) is 1. The van der Waals surface area contributed by atoms with Crippen molar-refractivity contribution in [3.63, 3.8) is 0 Å². The summed E-state index contributed by atoms with van der Waals surface area (Å²) >= 11 is 0. The average Bonchev–Trinajstić information content (AvgIpc) is 2.37. The van der Waals surface area contributed by atoms with Crippen molar-refractivity contribution in [3.8, 4) is 0 Å². The molecule has 1 aliphatic heterocycles. The van der Waals surface area contributed by atoms with Gasteiger partial charge in [-0.15, -0.1) is 0 Å². The zero-order valence-electron chi connectivity index (χ0n) is 11.7. The Hall–Kier alpha value is -0.610. The Labute approximate surface area is 105 Å². The van der Waals surface area contributed by atoms with Gasteiger partial charge in [-0.3, -0.25) is 4.79 Å². The maximum Gasteiger partial charge on any atom is 0.242 e. The first-order valence-electron chi connectivity index (χ1n) is 6.69. The molecule has 4 heteroatoms. The highest BCUT2D eigenvalue weighted by Gasteiger charge is 2.35. The molecule has 0 aromatic rings. The lowest BCUT2D eigenvalue weighted by Gasteiger charge is -2.39. The van der Waals surface area contributed by atoms with Gasteiger partial charge in [0, 0.05) is 13.1 Å². The van der Waals surface area contributed by atoms with E-state index in [0.717, 1.165) is 25.9 Å². The summed E-state index contributed by atoms with van der Waals surface area (Å²) in [5.41, 5.74) is 5.50. The minimum atomic E-state index is -0.669. The molecular formula is C13H27N3O. The van der Waals surface area contributed by atoms with Gasteiger partial charge in [0.15, 0.2) is 0 Å². The van der Waals surface area contributed by atoms with Gasteiger partial charge in [0.25, 0.3) is 0 Å². The topological polar surface area (TPSA) is 49.6 Å². The molecule has 100 valence electrons. The number of amides is 1. The maximum absolute atomic E-state index is 12.4. The third-order valence-electron chi connectivity index (χ3n) is 4.24. The van der Waals surface area contributed by atoms with E-state index in [1.165, 1.54) is 0 Å². The van der Waals surface area contributed by atoms with Crippen LogP contribution in [0.15, 0.2) is 0 Å². The van der Waals surface area contributed by atoms with Crippen LogP contribution in [0.5, 0.6) is 0 Å². The van der Waals surface area contributed by atoms with E-state index >= 15 is 0 Å². The number of nitrogens with zero attached hydrogens (tertiary/aromatic N) is 2. The number of piperidine rings is 1. The van der Waals surface area contributed by atoms with Crippen LogP contribution < -0.4 is 5.73 Å². The van der Waals surface area contributed by atoms with Crippen LogP contribution in [0.4, 0.5) is 0 Å². The van der Waals surface area contributed by atoms with E-state index in [0.29, 0.717) is 18.9 Å². The zero-order chi connectivity index (χ0) is 13.1. The van der Waals surface area contributed by atoms with Crippen molar-refractivity contribution in [1.29, 1.82) is 0 Å². The Bertz CT molecular complexity index is 255. The molecule has 1 saturated heterocycles. The van der Waals surface area contributed by atoms with Gasteiger partial charge in [-0.2, -0.15) is 0 Å². The van der Waals surface area contributed by atoms with Crippen LogP contribution in [0.2, 0.25) is 0 Å². The normalized spacial score (nSPS) is 19.4. The number of hydrogen-bond acceptors (Lipinski definition) is 3. The molecule has 1 rings (SSSR count). The SMILES string of the molecule is CCC(N)(CC)C(=O)N(C)C1CCN(C)CC1. The van der Waals surface area contributed by atoms with Crippen molar-refractivity contribution < 1.29 is 4.79 Å². The summed E-state index contributed by atoms with van der Waals surface area (Å²) in [6.45, 7) is 6.12. The summed E-state index contributed by atoms with van der Waals surface area (Å²) in [5.74, 6) is 0.108. The molecule has 1 fully saturated rings. The van der Waals surface area contributed by atoms with Gasteiger partial charge in [-0.25, -0.2) is 0 Å². The summed E-state index contributed by atoms with van der Waals surface area (Å²) in [6, 6.07) is 0.361. The molecule has 0 radical (unpaired) electrons. The highest BCUT2D eigenvalue weighted by Crippen LogP contribution is 2.20. The van der Waals surface area contributed by atoms with E-state index in [4.69, 9.17) is 5.73 Å². The lowest BCUT2D eigenvalue weighted by atomic mass is 9.91. The first-order chi connectivity index (χ1) is 7.94. The summed E-state index contributed by atoms with van der Waals surface area (Å²) in [6.07, 6.45) is 3.53. The van der Waals surface area contributed by atoms with Crippen molar-refractivity contribution in [2.75, 3.05) is 27.2 Å². The van der Waals surface area contributed by atoms with Gasteiger partial charge < -0.3 is 15.5 Å². The third kappa shape index (κ3) is 3.19. The summed E-state index contributed by atoms with van der Waals surface area (Å²) in [4.78, 5) is 16.6.